The minimum absolute atomic E-state index is 0.0370. The van der Waals surface area contributed by atoms with Gasteiger partial charge in [0.25, 0.3) is 0 Å². The predicted molar refractivity (Wildman–Crippen MR) is 90.1 cm³/mol. The third-order valence-corrected chi connectivity index (χ3v) is 3.98. The summed E-state index contributed by atoms with van der Waals surface area (Å²) in [4.78, 5) is 33.5. The normalized spacial score (nSPS) is 21.4. The fraction of sp³-hybridized carbons (Fsp3) is 0.722. The summed E-state index contributed by atoms with van der Waals surface area (Å²) in [7, 11) is 2.47. The number of carbonyl (C=O) groups is 3. The second-order valence-electron chi connectivity index (χ2n) is 7.00. The standard InChI is InChI=1S/C9H14O4.C9H16O2/c1-6(2)5-7(8(10)12-3)9(11)13-4;1-5-9(4)6-8(2,3)11-7(9)10/h7H,1,5H2,2-4H3;5-6H2,1-4H3. The van der Waals surface area contributed by atoms with E-state index < -0.39 is 17.9 Å². The van der Waals surface area contributed by atoms with Crippen LogP contribution in [0.15, 0.2) is 12.2 Å². The van der Waals surface area contributed by atoms with E-state index in [0.29, 0.717) is 0 Å². The maximum Gasteiger partial charge on any atom is 0.320 e. The van der Waals surface area contributed by atoms with Gasteiger partial charge in [-0.15, -0.1) is 6.58 Å². The van der Waals surface area contributed by atoms with E-state index in [1.54, 1.807) is 6.92 Å². The Morgan fingerprint density at radius 2 is 1.67 bits per heavy atom. The largest absolute Gasteiger partial charge is 0.468 e. The van der Waals surface area contributed by atoms with E-state index in [1.807, 2.05) is 27.7 Å². The van der Waals surface area contributed by atoms with Gasteiger partial charge in [0.05, 0.1) is 19.6 Å². The summed E-state index contributed by atoms with van der Waals surface area (Å²) >= 11 is 0. The number of ether oxygens (including phenoxy) is 3. The topological polar surface area (TPSA) is 78.9 Å². The first-order valence-corrected chi connectivity index (χ1v) is 7.96. The molecule has 0 radical (unpaired) electrons. The molecule has 0 bridgehead atoms. The first-order valence-electron chi connectivity index (χ1n) is 7.96. The molecule has 6 heteroatoms. The van der Waals surface area contributed by atoms with Crippen molar-refractivity contribution < 1.29 is 28.6 Å². The second-order valence-corrected chi connectivity index (χ2v) is 7.00. The minimum Gasteiger partial charge on any atom is -0.468 e. The number of esters is 3. The quantitative estimate of drug-likeness (QED) is 0.331. The maximum atomic E-state index is 11.3. The Morgan fingerprint density at radius 1 is 1.21 bits per heavy atom. The van der Waals surface area contributed by atoms with Crippen LogP contribution in [0.3, 0.4) is 0 Å². The second kappa shape index (κ2) is 8.85. The number of hydrogen-bond donors (Lipinski definition) is 0. The SMILES string of the molecule is C=C(C)CC(C(=O)OC)C(=O)OC.CCC1(C)CC(C)(C)OC1=O. The summed E-state index contributed by atoms with van der Waals surface area (Å²) < 4.78 is 14.1. The summed E-state index contributed by atoms with van der Waals surface area (Å²) in [5.74, 6) is -2.10. The molecule has 0 spiro atoms. The van der Waals surface area contributed by atoms with Gasteiger partial charge < -0.3 is 14.2 Å². The molecule has 1 aliphatic rings. The average Bonchev–Trinajstić information content (AvgIpc) is 2.71. The summed E-state index contributed by atoms with van der Waals surface area (Å²) in [5.41, 5.74) is 0.256. The minimum atomic E-state index is -0.882. The van der Waals surface area contributed by atoms with Crippen molar-refractivity contribution >= 4 is 17.9 Å². The Kier molecular flexibility index (Phi) is 8.17. The van der Waals surface area contributed by atoms with Crippen molar-refractivity contribution in [2.24, 2.45) is 11.3 Å². The lowest BCUT2D eigenvalue weighted by Crippen LogP contribution is -2.26. The Bertz CT molecular complexity index is 478. The van der Waals surface area contributed by atoms with Crippen LogP contribution in [0.4, 0.5) is 0 Å². The van der Waals surface area contributed by atoms with Crippen molar-refractivity contribution in [3.8, 4) is 0 Å². The van der Waals surface area contributed by atoms with E-state index in [-0.39, 0.29) is 23.4 Å². The van der Waals surface area contributed by atoms with Crippen molar-refractivity contribution in [3.05, 3.63) is 12.2 Å². The molecule has 0 saturated carbocycles. The summed E-state index contributed by atoms with van der Waals surface area (Å²) in [6, 6.07) is 0. The number of allylic oxidation sites excluding steroid dienone is 1. The summed E-state index contributed by atoms with van der Waals surface area (Å²) in [5, 5.41) is 0. The monoisotopic (exact) mass is 342 g/mol. The highest BCUT2D eigenvalue weighted by Gasteiger charge is 2.47. The van der Waals surface area contributed by atoms with Crippen molar-refractivity contribution in [2.45, 2.75) is 59.5 Å². The van der Waals surface area contributed by atoms with Gasteiger partial charge in [-0.05, 0) is 40.5 Å². The molecule has 1 aliphatic heterocycles. The molecular formula is C18H30O6. The zero-order valence-corrected chi connectivity index (χ0v) is 15.9. The van der Waals surface area contributed by atoms with Gasteiger partial charge in [0.2, 0.25) is 0 Å². The van der Waals surface area contributed by atoms with Gasteiger partial charge in [-0.2, -0.15) is 0 Å². The predicted octanol–water partition coefficient (Wildman–Crippen LogP) is 3.04. The third-order valence-electron chi connectivity index (χ3n) is 3.98. The molecule has 1 fully saturated rings. The molecular weight excluding hydrogens is 312 g/mol. The highest BCUT2D eigenvalue weighted by atomic mass is 16.6. The first kappa shape index (κ1) is 22.1. The van der Waals surface area contributed by atoms with Gasteiger partial charge in [0.1, 0.15) is 5.60 Å². The molecule has 1 atom stereocenters. The van der Waals surface area contributed by atoms with Crippen molar-refractivity contribution in [3.63, 3.8) is 0 Å². The number of rotatable bonds is 5. The van der Waals surface area contributed by atoms with E-state index >= 15 is 0 Å². The maximum absolute atomic E-state index is 11.3. The number of carbonyl (C=O) groups excluding carboxylic acids is 3. The van der Waals surface area contributed by atoms with Crippen molar-refractivity contribution in [1.29, 1.82) is 0 Å². The van der Waals surface area contributed by atoms with Crippen molar-refractivity contribution in [1.82, 2.24) is 0 Å². The van der Waals surface area contributed by atoms with E-state index in [2.05, 4.69) is 16.1 Å². The highest BCUT2D eigenvalue weighted by molar-refractivity contribution is 5.95. The lowest BCUT2D eigenvalue weighted by molar-refractivity contribution is -0.158. The smallest absolute Gasteiger partial charge is 0.320 e. The zero-order chi connectivity index (χ0) is 19.1. The number of hydrogen-bond acceptors (Lipinski definition) is 6. The van der Waals surface area contributed by atoms with E-state index in [1.165, 1.54) is 14.2 Å². The molecule has 1 saturated heterocycles. The average molecular weight is 342 g/mol. The molecule has 0 amide bonds. The molecule has 24 heavy (non-hydrogen) atoms. The number of methoxy groups -OCH3 is 2. The van der Waals surface area contributed by atoms with Gasteiger partial charge in [0.15, 0.2) is 5.92 Å². The summed E-state index contributed by atoms with van der Waals surface area (Å²) in [6.07, 6.45) is 1.98. The Balaban J connectivity index is 0.000000446. The Labute approximate surface area is 144 Å². The highest BCUT2D eigenvalue weighted by Crippen LogP contribution is 2.42. The van der Waals surface area contributed by atoms with Crippen LogP contribution in [0, 0.1) is 11.3 Å². The van der Waals surface area contributed by atoms with Crippen LogP contribution in [0.25, 0.3) is 0 Å². The Hall–Kier alpha value is -1.85. The van der Waals surface area contributed by atoms with E-state index in [4.69, 9.17) is 4.74 Å². The molecule has 138 valence electrons. The lowest BCUT2D eigenvalue weighted by Gasteiger charge is -2.17. The zero-order valence-electron chi connectivity index (χ0n) is 15.9. The first-order chi connectivity index (χ1) is 10.9. The van der Waals surface area contributed by atoms with Crippen LogP contribution in [0.1, 0.15) is 53.9 Å². The third kappa shape index (κ3) is 6.34. The van der Waals surface area contributed by atoms with Crippen LogP contribution >= 0.6 is 0 Å². The fourth-order valence-electron chi connectivity index (χ4n) is 2.59. The van der Waals surface area contributed by atoms with E-state index in [9.17, 15) is 14.4 Å². The molecule has 1 rings (SSSR count). The van der Waals surface area contributed by atoms with E-state index in [0.717, 1.165) is 18.4 Å². The van der Waals surface area contributed by atoms with Crippen LogP contribution < -0.4 is 0 Å². The lowest BCUT2D eigenvalue weighted by atomic mass is 9.81. The molecule has 0 aliphatic carbocycles. The molecule has 1 unspecified atom stereocenters. The molecule has 0 N–H and O–H groups in total. The van der Waals surface area contributed by atoms with Crippen LogP contribution in [0.2, 0.25) is 0 Å². The van der Waals surface area contributed by atoms with Gasteiger partial charge >= 0.3 is 17.9 Å². The Morgan fingerprint density at radius 3 is 1.88 bits per heavy atom. The van der Waals surface area contributed by atoms with Gasteiger partial charge in [0, 0.05) is 6.42 Å². The van der Waals surface area contributed by atoms with Gasteiger partial charge in [-0.25, -0.2) is 0 Å². The fourth-order valence-corrected chi connectivity index (χ4v) is 2.59. The molecule has 0 aromatic heterocycles. The van der Waals surface area contributed by atoms with Crippen LogP contribution in [-0.2, 0) is 28.6 Å². The molecule has 0 aromatic rings. The molecule has 1 heterocycles. The van der Waals surface area contributed by atoms with Gasteiger partial charge in [-0.1, -0.05) is 12.5 Å². The molecule has 0 aromatic carbocycles. The van der Waals surface area contributed by atoms with Crippen molar-refractivity contribution in [2.75, 3.05) is 14.2 Å². The van der Waals surface area contributed by atoms with Gasteiger partial charge in [-0.3, -0.25) is 14.4 Å². The molecule has 6 nitrogen and oxygen atoms in total. The summed E-state index contributed by atoms with van der Waals surface area (Å²) in [6.45, 7) is 13.3. The van der Waals surface area contributed by atoms with Crippen LogP contribution in [-0.4, -0.2) is 37.7 Å². The van der Waals surface area contributed by atoms with Crippen LogP contribution in [0.5, 0.6) is 0 Å². The number of cyclic esters (lactones) is 1.